The van der Waals surface area contributed by atoms with Gasteiger partial charge in [0.2, 0.25) is 17.6 Å². The van der Waals surface area contributed by atoms with Gasteiger partial charge in [-0.1, -0.05) is 24.4 Å². The molecule has 0 bridgehead atoms. The Morgan fingerprint density at radius 3 is 2.87 bits per heavy atom. The van der Waals surface area contributed by atoms with Crippen LogP contribution in [-0.4, -0.2) is 34.0 Å². The highest BCUT2D eigenvalue weighted by Crippen LogP contribution is 2.31. The number of rotatable bonds is 4. The molecule has 0 atom stereocenters. The highest BCUT2D eigenvalue weighted by Gasteiger charge is 2.36. The average molecular weight is 331 g/mol. The molecule has 4 rings (SSSR count). The van der Waals surface area contributed by atoms with Gasteiger partial charge in [-0.05, 0) is 30.2 Å². The molecule has 2 aromatic rings. The smallest absolute Gasteiger partial charge is 0.233 e. The van der Waals surface area contributed by atoms with Crippen molar-refractivity contribution in [3.05, 3.63) is 22.7 Å². The Balaban J connectivity index is 1.30. The zero-order chi connectivity index (χ0) is 15.6. The second kappa shape index (κ2) is 6.43. The lowest BCUT2D eigenvalue weighted by atomic mass is 9.86. The van der Waals surface area contributed by atoms with Gasteiger partial charge in [0.15, 0.2) is 0 Å². The van der Waals surface area contributed by atoms with Gasteiger partial charge < -0.3 is 9.42 Å². The predicted octanol–water partition coefficient (Wildman–Crippen LogP) is 3.69. The summed E-state index contributed by atoms with van der Waals surface area (Å²) in [4.78, 5) is 18.7. The fourth-order valence-electron chi connectivity index (χ4n) is 3.52. The van der Waals surface area contributed by atoms with Gasteiger partial charge in [0.25, 0.3) is 0 Å². The normalized spacial score (nSPS) is 19.7. The second-order valence-electron chi connectivity index (χ2n) is 6.67. The number of carbonyl (C=O) groups excluding carboxylic acids is 1. The minimum atomic E-state index is 0.199. The summed E-state index contributed by atoms with van der Waals surface area (Å²) >= 11 is 1.62. The van der Waals surface area contributed by atoms with Crippen molar-refractivity contribution >= 4 is 17.2 Å². The molecule has 2 fully saturated rings. The Morgan fingerprint density at radius 1 is 1.30 bits per heavy atom. The third-order valence-corrected chi connectivity index (χ3v) is 5.68. The lowest BCUT2D eigenvalue weighted by Crippen LogP contribution is -2.49. The molecule has 0 unspecified atom stereocenters. The summed E-state index contributed by atoms with van der Waals surface area (Å²) in [6, 6.07) is 1.99. The summed E-state index contributed by atoms with van der Waals surface area (Å²) in [6.45, 7) is 1.44. The van der Waals surface area contributed by atoms with Crippen LogP contribution in [0.2, 0.25) is 0 Å². The van der Waals surface area contributed by atoms with Gasteiger partial charge in [-0.15, -0.1) is 0 Å². The Hall–Kier alpha value is -1.69. The Kier molecular flexibility index (Phi) is 4.16. The Labute approximate surface area is 139 Å². The van der Waals surface area contributed by atoms with E-state index in [1.165, 1.54) is 32.1 Å². The van der Waals surface area contributed by atoms with Crippen LogP contribution in [-0.2, 0) is 4.79 Å². The maximum Gasteiger partial charge on any atom is 0.233 e. The van der Waals surface area contributed by atoms with Gasteiger partial charge in [0, 0.05) is 30.5 Å². The van der Waals surface area contributed by atoms with Crippen molar-refractivity contribution in [1.82, 2.24) is 15.0 Å². The van der Waals surface area contributed by atoms with E-state index in [0.717, 1.165) is 25.1 Å². The van der Waals surface area contributed by atoms with E-state index in [1.807, 2.05) is 21.7 Å². The van der Waals surface area contributed by atoms with E-state index in [0.29, 0.717) is 23.5 Å². The highest BCUT2D eigenvalue weighted by molar-refractivity contribution is 7.08. The Morgan fingerprint density at radius 2 is 2.13 bits per heavy atom. The van der Waals surface area contributed by atoms with Crippen LogP contribution in [0.25, 0.3) is 11.4 Å². The molecule has 122 valence electrons. The fourth-order valence-corrected chi connectivity index (χ4v) is 4.15. The summed E-state index contributed by atoms with van der Waals surface area (Å²) in [5.41, 5.74) is 0.995. The topological polar surface area (TPSA) is 59.2 Å². The quantitative estimate of drug-likeness (QED) is 0.857. The summed E-state index contributed by atoms with van der Waals surface area (Å²) in [5.74, 6) is 2.40. The summed E-state index contributed by atoms with van der Waals surface area (Å²) < 4.78 is 5.38. The molecular formula is C17H21N3O2S. The van der Waals surface area contributed by atoms with Gasteiger partial charge >= 0.3 is 0 Å². The van der Waals surface area contributed by atoms with E-state index in [9.17, 15) is 4.79 Å². The number of aromatic nitrogens is 2. The third kappa shape index (κ3) is 3.17. The van der Waals surface area contributed by atoms with Crippen molar-refractivity contribution in [1.29, 1.82) is 0 Å². The van der Waals surface area contributed by atoms with Crippen LogP contribution < -0.4 is 0 Å². The largest absolute Gasteiger partial charge is 0.341 e. The predicted molar refractivity (Wildman–Crippen MR) is 88.1 cm³/mol. The molecule has 2 aliphatic rings. The second-order valence-corrected chi connectivity index (χ2v) is 7.45. The summed E-state index contributed by atoms with van der Waals surface area (Å²) in [7, 11) is 0. The lowest BCUT2D eigenvalue weighted by Gasteiger charge is -2.38. The molecule has 6 heteroatoms. The van der Waals surface area contributed by atoms with Crippen LogP contribution in [0, 0.1) is 5.92 Å². The Bertz CT molecular complexity index is 655. The van der Waals surface area contributed by atoms with E-state index in [4.69, 9.17) is 4.52 Å². The van der Waals surface area contributed by atoms with Crippen molar-refractivity contribution in [2.75, 3.05) is 13.1 Å². The van der Waals surface area contributed by atoms with Crippen LogP contribution in [0.3, 0.4) is 0 Å². The molecule has 0 radical (unpaired) electrons. The fraction of sp³-hybridized carbons (Fsp3) is 0.588. The molecule has 0 aromatic carbocycles. The van der Waals surface area contributed by atoms with Crippen LogP contribution in [0.1, 0.15) is 50.3 Å². The van der Waals surface area contributed by atoms with Crippen molar-refractivity contribution in [3.63, 3.8) is 0 Å². The van der Waals surface area contributed by atoms with E-state index < -0.39 is 0 Å². The first-order valence-electron chi connectivity index (χ1n) is 8.43. The standard InChI is InChI=1S/C17H21N3O2S/c21-15(8-12-4-2-1-3-5-12)20-9-14(10-20)17-18-16(19-22-17)13-6-7-23-11-13/h6-7,11-12,14H,1-5,8-10H2. The van der Waals surface area contributed by atoms with Gasteiger partial charge in [0.1, 0.15) is 0 Å². The molecule has 1 amide bonds. The molecule has 1 aliphatic carbocycles. The number of amides is 1. The number of hydrogen-bond acceptors (Lipinski definition) is 5. The number of hydrogen-bond donors (Lipinski definition) is 0. The molecule has 23 heavy (non-hydrogen) atoms. The van der Waals surface area contributed by atoms with Crippen LogP contribution in [0.5, 0.6) is 0 Å². The zero-order valence-electron chi connectivity index (χ0n) is 13.1. The van der Waals surface area contributed by atoms with Crippen LogP contribution in [0.4, 0.5) is 0 Å². The van der Waals surface area contributed by atoms with E-state index in [1.54, 1.807) is 11.3 Å². The van der Waals surface area contributed by atoms with Crippen molar-refractivity contribution in [2.45, 2.75) is 44.4 Å². The van der Waals surface area contributed by atoms with Crippen molar-refractivity contribution < 1.29 is 9.32 Å². The molecule has 3 heterocycles. The maximum atomic E-state index is 12.3. The summed E-state index contributed by atoms with van der Waals surface area (Å²) in [5, 5.41) is 8.05. The van der Waals surface area contributed by atoms with Crippen LogP contribution in [0.15, 0.2) is 21.3 Å². The minimum absolute atomic E-state index is 0.199. The van der Waals surface area contributed by atoms with E-state index in [-0.39, 0.29) is 5.92 Å². The first-order valence-corrected chi connectivity index (χ1v) is 9.38. The van der Waals surface area contributed by atoms with Crippen molar-refractivity contribution in [2.24, 2.45) is 5.92 Å². The monoisotopic (exact) mass is 331 g/mol. The van der Waals surface area contributed by atoms with Gasteiger partial charge in [0.05, 0.1) is 5.92 Å². The van der Waals surface area contributed by atoms with E-state index in [2.05, 4.69) is 10.1 Å². The zero-order valence-corrected chi connectivity index (χ0v) is 13.9. The maximum absolute atomic E-state index is 12.3. The number of nitrogens with zero attached hydrogens (tertiary/aromatic N) is 3. The number of thiophene rings is 1. The SMILES string of the molecule is O=C(CC1CCCCC1)N1CC(c2nc(-c3ccsc3)no2)C1. The first kappa shape index (κ1) is 14.9. The molecule has 5 nitrogen and oxygen atoms in total. The van der Waals surface area contributed by atoms with Crippen molar-refractivity contribution in [3.8, 4) is 11.4 Å². The molecule has 0 spiro atoms. The number of carbonyl (C=O) groups is 1. The van der Waals surface area contributed by atoms with Gasteiger partial charge in [-0.3, -0.25) is 4.79 Å². The third-order valence-electron chi connectivity index (χ3n) is 4.99. The first-order chi connectivity index (χ1) is 11.3. The number of likely N-dealkylation sites (tertiary alicyclic amines) is 1. The average Bonchev–Trinajstić information content (AvgIpc) is 3.17. The molecule has 1 saturated carbocycles. The van der Waals surface area contributed by atoms with E-state index >= 15 is 0 Å². The highest BCUT2D eigenvalue weighted by atomic mass is 32.1. The molecule has 1 saturated heterocycles. The van der Waals surface area contributed by atoms with Crippen LogP contribution >= 0.6 is 11.3 Å². The lowest BCUT2D eigenvalue weighted by molar-refractivity contribution is -0.137. The van der Waals surface area contributed by atoms with Gasteiger partial charge in [-0.2, -0.15) is 16.3 Å². The molecule has 1 aliphatic heterocycles. The summed E-state index contributed by atoms with van der Waals surface area (Å²) in [6.07, 6.45) is 7.06. The van der Waals surface area contributed by atoms with Gasteiger partial charge in [-0.25, -0.2) is 0 Å². The molecular weight excluding hydrogens is 310 g/mol. The molecule has 0 N–H and O–H groups in total. The molecule has 2 aromatic heterocycles. The minimum Gasteiger partial charge on any atom is -0.341 e.